The first kappa shape index (κ1) is 21.3. The molecule has 3 heterocycles. The summed E-state index contributed by atoms with van der Waals surface area (Å²) in [7, 11) is 3.21. The van der Waals surface area contributed by atoms with Crippen molar-refractivity contribution in [2.24, 2.45) is 0 Å². The smallest absolute Gasteiger partial charge is 0.332 e. The molecule has 1 aromatic heterocycles. The predicted octanol–water partition coefficient (Wildman–Crippen LogP) is 5.01. The summed E-state index contributed by atoms with van der Waals surface area (Å²) in [4.78, 5) is 34.4. The molecule has 3 aromatic carbocycles. The zero-order valence-corrected chi connectivity index (χ0v) is 19.7. The van der Waals surface area contributed by atoms with Crippen molar-refractivity contribution < 1.29 is 19.1 Å². The van der Waals surface area contributed by atoms with Crippen molar-refractivity contribution >= 4 is 28.5 Å². The van der Waals surface area contributed by atoms with Crippen LogP contribution in [0, 0.1) is 0 Å². The van der Waals surface area contributed by atoms with E-state index in [4.69, 9.17) is 9.47 Å². The van der Waals surface area contributed by atoms with Crippen LogP contribution in [0.1, 0.15) is 29.7 Å². The number of nitrogens with one attached hydrogen (secondary N) is 1. The normalized spacial score (nSPS) is 21.3. The molecule has 0 aliphatic carbocycles. The Morgan fingerprint density at radius 2 is 1.71 bits per heavy atom. The molecule has 3 amide bonds. The number of urea groups is 1. The van der Waals surface area contributed by atoms with Crippen LogP contribution in [0.4, 0.5) is 10.5 Å². The standard InChI is InChI=1S/C28H25N3O4/c1-28-25-24(20-12-4-6-13-22(20)29-25)21(19-11-5-7-14-23(19)35-3)16-30(28)27(33)31(26(28)32)17-9-8-10-18(15-17)34-2/h4-15,21,29H,16H2,1-3H3/t21-,28+/m1/s1. The summed E-state index contributed by atoms with van der Waals surface area (Å²) in [6, 6.07) is 22.6. The van der Waals surface area contributed by atoms with Gasteiger partial charge in [-0.2, -0.15) is 0 Å². The predicted molar refractivity (Wildman–Crippen MR) is 133 cm³/mol. The van der Waals surface area contributed by atoms with Crippen LogP contribution in [-0.4, -0.2) is 42.6 Å². The van der Waals surface area contributed by atoms with Crippen LogP contribution in [0.25, 0.3) is 10.9 Å². The summed E-state index contributed by atoms with van der Waals surface area (Å²) in [6.45, 7) is 2.18. The number of carbonyl (C=O) groups excluding carboxylic acids is 2. The molecule has 4 aromatic rings. The number of H-pyrrole nitrogens is 1. The molecule has 7 heteroatoms. The number of fused-ring (bicyclic) bond motifs is 5. The molecule has 7 nitrogen and oxygen atoms in total. The van der Waals surface area contributed by atoms with Gasteiger partial charge in [0.05, 0.1) is 25.6 Å². The molecule has 6 rings (SSSR count). The third-order valence-electron chi connectivity index (χ3n) is 7.35. The van der Waals surface area contributed by atoms with Gasteiger partial charge in [0.1, 0.15) is 11.5 Å². The van der Waals surface area contributed by atoms with E-state index in [9.17, 15) is 9.59 Å². The first-order chi connectivity index (χ1) is 17.0. The first-order valence-electron chi connectivity index (χ1n) is 11.5. The molecule has 0 unspecified atom stereocenters. The van der Waals surface area contributed by atoms with E-state index in [0.717, 1.165) is 33.5 Å². The van der Waals surface area contributed by atoms with Crippen LogP contribution in [0.2, 0.25) is 0 Å². The lowest BCUT2D eigenvalue weighted by Gasteiger charge is -2.40. The highest BCUT2D eigenvalue weighted by molar-refractivity contribution is 6.23. The molecule has 0 radical (unpaired) electrons. The highest BCUT2D eigenvalue weighted by atomic mass is 16.5. The number of nitrogens with zero attached hydrogens (tertiary/aromatic N) is 2. The number of amides is 3. The number of hydrogen-bond acceptors (Lipinski definition) is 4. The topological polar surface area (TPSA) is 74.9 Å². The molecule has 35 heavy (non-hydrogen) atoms. The third kappa shape index (κ3) is 2.84. The first-order valence-corrected chi connectivity index (χ1v) is 11.5. The second kappa shape index (κ2) is 7.63. The maximum atomic E-state index is 14.1. The number of ether oxygens (including phenoxy) is 2. The van der Waals surface area contributed by atoms with E-state index < -0.39 is 5.54 Å². The lowest BCUT2D eigenvalue weighted by atomic mass is 9.78. The Hall–Kier alpha value is -4.26. The molecule has 176 valence electrons. The fourth-order valence-electron chi connectivity index (χ4n) is 5.60. The van der Waals surface area contributed by atoms with Gasteiger partial charge in [0, 0.05) is 35.0 Å². The van der Waals surface area contributed by atoms with Crippen LogP contribution < -0.4 is 14.4 Å². The second-order valence-electron chi connectivity index (χ2n) is 9.06. The molecule has 1 N–H and O–H groups in total. The summed E-state index contributed by atoms with van der Waals surface area (Å²) in [5, 5.41) is 1.04. The van der Waals surface area contributed by atoms with Crippen molar-refractivity contribution in [3.8, 4) is 11.5 Å². The van der Waals surface area contributed by atoms with Crippen molar-refractivity contribution in [1.82, 2.24) is 9.88 Å². The SMILES string of the molecule is COc1cccc(N2C(=O)N3C[C@H](c4ccccc4OC)c4c([nH]c5ccccc45)[C@@]3(C)C2=O)c1. The van der Waals surface area contributed by atoms with Crippen LogP contribution in [-0.2, 0) is 10.3 Å². The quantitative estimate of drug-likeness (QED) is 0.428. The maximum absolute atomic E-state index is 14.1. The summed E-state index contributed by atoms with van der Waals surface area (Å²) in [5.41, 5.74) is 2.99. The van der Waals surface area contributed by atoms with Crippen molar-refractivity contribution in [2.75, 3.05) is 25.7 Å². The van der Waals surface area contributed by atoms with Crippen molar-refractivity contribution in [1.29, 1.82) is 0 Å². The number of aromatic nitrogens is 1. The largest absolute Gasteiger partial charge is 0.497 e. The van der Waals surface area contributed by atoms with Gasteiger partial charge in [0.25, 0.3) is 5.91 Å². The van der Waals surface area contributed by atoms with E-state index in [0.29, 0.717) is 18.0 Å². The van der Waals surface area contributed by atoms with Crippen LogP contribution in [0.15, 0.2) is 72.8 Å². The van der Waals surface area contributed by atoms with Crippen molar-refractivity contribution in [3.05, 3.63) is 89.6 Å². The van der Waals surface area contributed by atoms with E-state index in [1.165, 1.54) is 4.90 Å². The minimum absolute atomic E-state index is 0.174. The molecule has 2 aliphatic rings. The molecular weight excluding hydrogens is 442 g/mol. The average molecular weight is 468 g/mol. The Labute approximate surface area is 202 Å². The zero-order valence-electron chi connectivity index (χ0n) is 19.7. The number of para-hydroxylation sites is 2. The lowest BCUT2D eigenvalue weighted by molar-refractivity contribution is -0.125. The maximum Gasteiger partial charge on any atom is 0.332 e. The number of anilines is 1. The monoisotopic (exact) mass is 467 g/mol. The van der Waals surface area contributed by atoms with Gasteiger partial charge < -0.3 is 19.4 Å². The van der Waals surface area contributed by atoms with Gasteiger partial charge in [-0.05, 0) is 36.8 Å². The fourth-order valence-corrected chi connectivity index (χ4v) is 5.60. The number of aromatic amines is 1. The lowest BCUT2D eigenvalue weighted by Crippen LogP contribution is -2.50. The van der Waals surface area contributed by atoms with Gasteiger partial charge in [0.15, 0.2) is 5.54 Å². The summed E-state index contributed by atoms with van der Waals surface area (Å²) in [5.74, 6) is 0.866. The fraction of sp³-hybridized carbons (Fsp3) is 0.214. The van der Waals surface area contributed by atoms with Crippen molar-refractivity contribution in [3.63, 3.8) is 0 Å². The van der Waals surface area contributed by atoms with Crippen LogP contribution in [0.5, 0.6) is 11.5 Å². The van der Waals surface area contributed by atoms with Gasteiger partial charge in [-0.15, -0.1) is 0 Å². The van der Waals surface area contributed by atoms with Gasteiger partial charge in [-0.3, -0.25) is 4.79 Å². The Morgan fingerprint density at radius 1 is 0.943 bits per heavy atom. The van der Waals surface area contributed by atoms with Gasteiger partial charge in [0.2, 0.25) is 0 Å². The minimum Gasteiger partial charge on any atom is -0.497 e. The molecule has 0 bridgehead atoms. The summed E-state index contributed by atoms with van der Waals surface area (Å²) >= 11 is 0. The molecule has 2 atom stereocenters. The minimum atomic E-state index is -1.17. The molecule has 0 saturated carbocycles. The van der Waals surface area contributed by atoms with Crippen LogP contribution in [0.3, 0.4) is 0 Å². The number of methoxy groups -OCH3 is 2. The average Bonchev–Trinajstić information content (AvgIpc) is 3.38. The molecule has 2 aliphatic heterocycles. The van der Waals surface area contributed by atoms with Crippen molar-refractivity contribution in [2.45, 2.75) is 18.4 Å². The second-order valence-corrected chi connectivity index (χ2v) is 9.06. The Bertz CT molecular complexity index is 1490. The van der Waals surface area contributed by atoms with Gasteiger partial charge in [-0.1, -0.05) is 42.5 Å². The van der Waals surface area contributed by atoms with E-state index in [2.05, 4.69) is 11.1 Å². The van der Waals surface area contributed by atoms with E-state index in [1.54, 1.807) is 43.4 Å². The molecule has 0 spiro atoms. The van der Waals surface area contributed by atoms with Gasteiger partial charge in [-0.25, -0.2) is 9.69 Å². The van der Waals surface area contributed by atoms with E-state index in [1.807, 2.05) is 49.4 Å². The number of benzene rings is 3. The Kier molecular flexibility index (Phi) is 4.64. The Morgan fingerprint density at radius 3 is 2.51 bits per heavy atom. The highest BCUT2D eigenvalue weighted by Crippen LogP contribution is 2.51. The summed E-state index contributed by atoms with van der Waals surface area (Å²) < 4.78 is 11.0. The highest BCUT2D eigenvalue weighted by Gasteiger charge is 2.60. The molecule has 1 saturated heterocycles. The summed E-state index contributed by atoms with van der Waals surface area (Å²) in [6.07, 6.45) is 0. The number of rotatable bonds is 4. The van der Waals surface area contributed by atoms with Gasteiger partial charge >= 0.3 is 6.03 Å². The molecular formula is C28H25N3O4. The van der Waals surface area contributed by atoms with E-state index >= 15 is 0 Å². The number of hydrogen-bond donors (Lipinski definition) is 1. The van der Waals surface area contributed by atoms with Crippen LogP contribution >= 0.6 is 0 Å². The third-order valence-corrected chi connectivity index (χ3v) is 7.35. The van der Waals surface area contributed by atoms with E-state index in [-0.39, 0.29) is 17.9 Å². The molecule has 1 fully saturated rings. The number of carbonyl (C=O) groups is 2. The Balaban J connectivity index is 1.59. The number of imide groups is 1. The zero-order chi connectivity index (χ0) is 24.3.